The minimum absolute atomic E-state index is 0.101. The first-order valence-electron chi connectivity index (χ1n) is 8.80. The van der Waals surface area contributed by atoms with E-state index in [1.807, 2.05) is 4.90 Å². The fourth-order valence-electron chi connectivity index (χ4n) is 3.68. The first-order chi connectivity index (χ1) is 10.5. The summed E-state index contributed by atoms with van der Waals surface area (Å²) in [4.78, 5) is 16.4. The molecule has 2 aliphatic rings. The monoisotopic (exact) mass is 312 g/mol. The quantitative estimate of drug-likeness (QED) is 0.798. The zero-order valence-electron chi connectivity index (χ0n) is 14.1. The summed E-state index contributed by atoms with van der Waals surface area (Å²) in [6, 6.07) is 0.101. The molecule has 2 atom stereocenters. The number of likely N-dealkylation sites (tertiary alicyclic amines) is 2. The molecule has 2 heterocycles. The highest BCUT2D eigenvalue weighted by atomic mass is 16.3. The van der Waals surface area contributed by atoms with Gasteiger partial charge in [0.1, 0.15) is 0 Å². The van der Waals surface area contributed by atoms with Gasteiger partial charge in [-0.15, -0.1) is 0 Å². The second-order valence-electron chi connectivity index (χ2n) is 7.43. The summed E-state index contributed by atoms with van der Waals surface area (Å²) in [5, 5.41) is 19.2. The van der Waals surface area contributed by atoms with Gasteiger partial charge in [-0.2, -0.15) is 0 Å². The highest BCUT2D eigenvalue weighted by Crippen LogP contribution is 2.24. The van der Waals surface area contributed by atoms with Gasteiger partial charge in [0.05, 0.1) is 12.7 Å². The molecule has 0 aromatic heterocycles. The lowest BCUT2D eigenvalue weighted by Gasteiger charge is -2.41. The molecule has 0 radical (unpaired) electrons. The fourth-order valence-corrected chi connectivity index (χ4v) is 3.68. The van der Waals surface area contributed by atoms with Crippen LogP contribution in [0.25, 0.3) is 0 Å². The lowest BCUT2D eigenvalue weighted by Crippen LogP contribution is -2.49. The van der Waals surface area contributed by atoms with E-state index in [-0.39, 0.29) is 18.8 Å². The fraction of sp³-hybridized carbons (Fsp3) is 0.941. The highest BCUT2D eigenvalue weighted by Gasteiger charge is 2.30. The van der Waals surface area contributed by atoms with E-state index in [4.69, 9.17) is 0 Å². The van der Waals surface area contributed by atoms with Gasteiger partial charge in [0, 0.05) is 38.6 Å². The molecule has 0 saturated carbocycles. The van der Waals surface area contributed by atoms with Crippen LogP contribution in [0.1, 0.15) is 46.0 Å². The second kappa shape index (κ2) is 8.27. The SMILES string of the molecule is CC(C)CC(=O)N1CCC(CN2CCC(O)CC2CO)CC1. The van der Waals surface area contributed by atoms with Crippen LogP contribution in [0.2, 0.25) is 0 Å². The summed E-state index contributed by atoms with van der Waals surface area (Å²) in [6.07, 6.45) is 4.00. The first kappa shape index (κ1) is 17.7. The van der Waals surface area contributed by atoms with Crippen molar-refractivity contribution in [1.29, 1.82) is 0 Å². The molecular formula is C17H32N2O3. The summed E-state index contributed by atoms with van der Waals surface area (Å²) in [5.41, 5.74) is 0. The van der Waals surface area contributed by atoms with Crippen molar-refractivity contribution in [3.63, 3.8) is 0 Å². The molecule has 5 nitrogen and oxygen atoms in total. The molecule has 128 valence electrons. The third-order valence-corrected chi connectivity index (χ3v) is 5.06. The van der Waals surface area contributed by atoms with Crippen LogP contribution >= 0.6 is 0 Å². The number of piperidine rings is 2. The Balaban J connectivity index is 1.76. The molecule has 5 heteroatoms. The lowest BCUT2D eigenvalue weighted by molar-refractivity contribution is -0.133. The van der Waals surface area contributed by atoms with Crippen molar-refractivity contribution in [3.05, 3.63) is 0 Å². The molecule has 0 aromatic rings. The van der Waals surface area contributed by atoms with Crippen LogP contribution in [0, 0.1) is 11.8 Å². The summed E-state index contributed by atoms with van der Waals surface area (Å²) < 4.78 is 0. The Kier molecular flexibility index (Phi) is 6.66. The molecule has 0 aromatic carbocycles. The third-order valence-electron chi connectivity index (χ3n) is 5.06. The molecule has 2 fully saturated rings. The Morgan fingerprint density at radius 1 is 1.18 bits per heavy atom. The van der Waals surface area contributed by atoms with Gasteiger partial charge in [-0.05, 0) is 37.5 Å². The van der Waals surface area contributed by atoms with E-state index >= 15 is 0 Å². The maximum absolute atomic E-state index is 12.1. The van der Waals surface area contributed by atoms with Gasteiger partial charge >= 0.3 is 0 Å². The van der Waals surface area contributed by atoms with E-state index < -0.39 is 0 Å². The van der Waals surface area contributed by atoms with E-state index in [1.54, 1.807) is 0 Å². The Bertz CT molecular complexity index is 354. The van der Waals surface area contributed by atoms with Gasteiger partial charge in [-0.3, -0.25) is 9.69 Å². The van der Waals surface area contributed by atoms with Crippen LogP contribution in [0.3, 0.4) is 0 Å². The molecule has 22 heavy (non-hydrogen) atoms. The Labute approximate surface area is 134 Å². The predicted octanol–water partition coefficient (Wildman–Crippen LogP) is 1.09. The molecule has 0 bridgehead atoms. The number of carbonyl (C=O) groups is 1. The molecule has 1 amide bonds. The number of hydrogen-bond donors (Lipinski definition) is 2. The Morgan fingerprint density at radius 2 is 1.86 bits per heavy atom. The van der Waals surface area contributed by atoms with Crippen molar-refractivity contribution in [2.24, 2.45) is 11.8 Å². The van der Waals surface area contributed by atoms with Gasteiger partial charge in [0.25, 0.3) is 0 Å². The minimum atomic E-state index is -0.260. The van der Waals surface area contributed by atoms with Gasteiger partial charge in [-0.1, -0.05) is 13.8 Å². The molecule has 2 aliphatic heterocycles. The van der Waals surface area contributed by atoms with Gasteiger partial charge < -0.3 is 15.1 Å². The number of aliphatic hydroxyl groups excluding tert-OH is 2. The average Bonchev–Trinajstić information content (AvgIpc) is 2.49. The van der Waals surface area contributed by atoms with Crippen LogP contribution < -0.4 is 0 Å². The van der Waals surface area contributed by atoms with Crippen LogP contribution in [-0.4, -0.2) is 70.9 Å². The standard InChI is InChI=1S/C17H32N2O3/c1-13(2)9-17(22)18-6-3-14(4-7-18)11-19-8-5-16(21)10-15(19)12-20/h13-16,20-21H,3-12H2,1-2H3. The predicted molar refractivity (Wildman–Crippen MR) is 86.4 cm³/mol. The van der Waals surface area contributed by atoms with Crippen molar-refractivity contribution in [1.82, 2.24) is 9.80 Å². The van der Waals surface area contributed by atoms with Crippen LogP contribution in [0.15, 0.2) is 0 Å². The zero-order chi connectivity index (χ0) is 16.1. The van der Waals surface area contributed by atoms with Crippen molar-refractivity contribution in [2.75, 3.05) is 32.8 Å². The van der Waals surface area contributed by atoms with Crippen molar-refractivity contribution in [3.8, 4) is 0 Å². The second-order valence-corrected chi connectivity index (χ2v) is 7.43. The summed E-state index contributed by atoms with van der Waals surface area (Å²) >= 11 is 0. The summed E-state index contributed by atoms with van der Waals surface area (Å²) in [7, 11) is 0. The Morgan fingerprint density at radius 3 is 2.45 bits per heavy atom. The van der Waals surface area contributed by atoms with E-state index in [0.29, 0.717) is 30.6 Å². The zero-order valence-corrected chi connectivity index (χ0v) is 14.1. The van der Waals surface area contributed by atoms with Crippen molar-refractivity contribution >= 4 is 5.91 Å². The molecule has 0 aliphatic carbocycles. The molecule has 0 spiro atoms. The highest BCUT2D eigenvalue weighted by molar-refractivity contribution is 5.76. The molecule has 2 unspecified atom stereocenters. The summed E-state index contributed by atoms with van der Waals surface area (Å²) in [6.45, 7) is 7.91. The van der Waals surface area contributed by atoms with Gasteiger partial charge in [0.15, 0.2) is 0 Å². The number of amides is 1. The maximum Gasteiger partial charge on any atom is 0.222 e. The average molecular weight is 312 g/mol. The minimum Gasteiger partial charge on any atom is -0.395 e. The topological polar surface area (TPSA) is 64.0 Å². The number of carbonyl (C=O) groups excluding carboxylic acids is 1. The third kappa shape index (κ3) is 4.93. The van der Waals surface area contributed by atoms with E-state index in [1.165, 1.54) is 0 Å². The number of aliphatic hydroxyl groups is 2. The van der Waals surface area contributed by atoms with Gasteiger partial charge in [0.2, 0.25) is 5.91 Å². The number of rotatable bonds is 5. The molecular weight excluding hydrogens is 280 g/mol. The number of hydrogen-bond acceptors (Lipinski definition) is 4. The van der Waals surface area contributed by atoms with Crippen molar-refractivity contribution < 1.29 is 15.0 Å². The van der Waals surface area contributed by atoms with Gasteiger partial charge in [-0.25, -0.2) is 0 Å². The maximum atomic E-state index is 12.1. The Hall–Kier alpha value is -0.650. The first-order valence-corrected chi connectivity index (χ1v) is 8.80. The van der Waals surface area contributed by atoms with Crippen LogP contribution in [0.4, 0.5) is 0 Å². The van der Waals surface area contributed by atoms with Crippen LogP contribution in [0.5, 0.6) is 0 Å². The normalized spacial score (nSPS) is 28.3. The van der Waals surface area contributed by atoms with E-state index in [9.17, 15) is 15.0 Å². The molecule has 2 N–H and O–H groups in total. The largest absolute Gasteiger partial charge is 0.395 e. The van der Waals surface area contributed by atoms with Crippen LogP contribution in [-0.2, 0) is 4.79 Å². The lowest BCUT2D eigenvalue weighted by atomic mass is 9.92. The van der Waals surface area contributed by atoms with E-state index in [2.05, 4.69) is 18.7 Å². The van der Waals surface area contributed by atoms with Crippen molar-refractivity contribution in [2.45, 2.75) is 58.1 Å². The molecule has 2 saturated heterocycles. The smallest absolute Gasteiger partial charge is 0.222 e. The molecule has 2 rings (SSSR count). The number of nitrogens with zero attached hydrogens (tertiary/aromatic N) is 2. The van der Waals surface area contributed by atoms with E-state index in [0.717, 1.165) is 45.4 Å². The summed E-state index contributed by atoms with van der Waals surface area (Å²) in [5.74, 6) is 1.32.